The first kappa shape index (κ1) is 13.5. The Morgan fingerprint density at radius 2 is 1.95 bits per heavy atom. The summed E-state index contributed by atoms with van der Waals surface area (Å²) in [4.78, 5) is 7.83. The number of aromatic nitrogens is 2. The molecule has 0 aliphatic rings. The quantitative estimate of drug-likeness (QED) is 0.900. The van der Waals surface area contributed by atoms with Crippen LogP contribution in [-0.4, -0.2) is 17.0 Å². The average Bonchev–Trinajstić information content (AvgIpc) is 2.42. The van der Waals surface area contributed by atoms with Crippen LogP contribution in [0.15, 0.2) is 30.5 Å². The minimum atomic E-state index is -0.486. The summed E-state index contributed by atoms with van der Waals surface area (Å²) in [6.07, 6.45) is 1.13. The topological polar surface area (TPSA) is 49.8 Å². The number of anilines is 2. The number of nitrogens with zero attached hydrogens (tertiary/aromatic N) is 2. The zero-order valence-electron chi connectivity index (χ0n) is 10.6. The van der Waals surface area contributed by atoms with Gasteiger partial charge in [-0.2, -0.15) is 4.98 Å². The molecule has 2 rings (SSSR count). The van der Waals surface area contributed by atoms with Gasteiger partial charge < -0.3 is 10.6 Å². The Morgan fingerprint density at radius 3 is 2.58 bits per heavy atom. The van der Waals surface area contributed by atoms with Crippen molar-refractivity contribution in [1.82, 2.24) is 9.97 Å². The van der Waals surface area contributed by atoms with E-state index in [1.165, 1.54) is 0 Å². The largest absolute Gasteiger partial charge is 0.361 e. The van der Waals surface area contributed by atoms with E-state index in [2.05, 4.69) is 20.6 Å². The molecule has 1 unspecified atom stereocenters. The van der Waals surface area contributed by atoms with Crippen molar-refractivity contribution in [2.75, 3.05) is 17.7 Å². The third kappa shape index (κ3) is 3.32. The van der Waals surface area contributed by atoms with Gasteiger partial charge in [-0.05, 0) is 24.6 Å². The molecule has 0 aliphatic carbocycles. The number of halogens is 2. The first-order valence-electron chi connectivity index (χ1n) is 5.82. The van der Waals surface area contributed by atoms with Crippen molar-refractivity contribution in [3.8, 4) is 0 Å². The van der Waals surface area contributed by atoms with Gasteiger partial charge in [0.1, 0.15) is 0 Å². The molecule has 0 fully saturated rings. The molecular weight excluding hydrogens is 267 g/mol. The standard InChI is InChI=1S/C13H14ClFN4/c1-8(9-3-5-10(14)6-4-9)18-12-11(15)7-17-13(16-2)19-12/h3-8H,1-2H3,(H2,16,17,18,19). The van der Waals surface area contributed by atoms with Crippen LogP contribution in [0.25, 0.3) is 0 Å². The molecule has 1 aromatic carbocycles. The Labute approximate surface area is 116 Å². The fourth-order valence-corrected chi connectivity index (χ4v) is 1.75. The van der Waals surface area contributed by atoms with E-state index in [9.17, 15) is 4.39 Å². The van der Waals surface area contributed by atoms with Crippen molar-refractivity contribution in [2.45, 2.75) is 13.0 Å². The summed E-state index contributed by atoms with van der Waals surface area (Å²) in [7, 11) is 1.68. The Kier molecular flexibility index (Phi) is 4.16. The lowest BCUT2D eigenvalue weighted by atomic mass is 10.1. The van der Waals surface area contributed by atoms with Gasteiger partial charge in [0, 0.05) is 12.1 Å². The van der Waals surface area contributed by atoms with Gasteiger partial charge in [-0.15, -0.1) is 0 Å². The summed E-state index contributed by atoms with van der Waals surface area (Å²) in [5.41, 5.74) is 0.994. The highest BCUT2D eigenvalue weighted by atomic mass is 35.5. The average molecular weight is 281 g/mol. The smallest absolute Gasteiger partial charge is 0.224 e. The van der Waals surface area contributed by atoms with E-state index in [1.54, 1.807) is 19.2 Å². The number of nitrogens with one attached hydrogen (secondary N) is 2. The molecule has 0 spiro atoms. The van der Waals surface area contributed by atoms with Crippen LogP contribution in [-0.2, 0) is 0 Å². The van der Waals surface area contributed by atoms with E-state index >= 15 is 0 Å². The summed E-state index contributed by atoms with van der Waals surface area (Å²) in [5, 5.41) is 6.45. The molecule has 1 aromatic heterocycles. The fourth-order valence-electron chi connectivity index (χ4n) is 1.63. The van der Waals surface area contributed by atoms with Gasteiger partial charge in [-0.25, -0.2) is 9.37 Å². The van der Waals surface area contributed by atoms with Crippen LogP contribution < -0.4 is 10.6 Å². The van der Waals surface area contributed by atoms with Gasteiger partial charge >= 0.3 is 0 Å². The van der Waals surface area contributed by atoms with Gasteiger partial charge in [0.25, 0.3) is 0 Å². The lowest BCUT2D eigenvalue weighted by Crippen LogP contribution is -2.11. The molecule has 0 amide bonds. The normalized spacial score (nSPS) is 12.0. The monoisotopic (exact) mass is 280 g/mol. The number of benzene rings is 1. The van der Waals surface area contributed by atoms with E-state index in [1.807, 2.05) is 19.1 Å². The van der Waals surface area contributed by atoms with Crippen molar-refractivity contribution in [2.24, 2.45) is 0 Å². The Morgan fingerprint density at radius 1 is 1.26 bits per heavy atom. The zero-order valence-corrected chi connectivity index (χ0v) is 11.4. The fraction of sp³-hybridized carbons (Fsp3) is 0.231. The maximum absolute atomic E-state index is 13.6. The molecule has 0 saturated carbocycles. The molecule has 100 valence electrons. The Balaban J connectivity index is 2.18. The first-order chi connectivity index (χ1) is 9.10. The van der Waals surface area contributed by atoms with Crippen LogP contribution in [0.2, 0.25) is 5.02 Å². The van der Waals surface area contributed by atoms with Gasteiger partial charge in [0.05, 0.1) is 12.2 Å². The summed E-state index contributed by atoms with van der Waals surface area (Å²) in [5.74, 6) is 0.0498. The molecule has 6 heteroatoms. The molecule has 1 atom stereocenters. The highest BCUT2D eigenvalue weighted by molar-refractivity contribution is 6.30. The van der Waals surface area contributed by atoms with Crippen molar-refractivity contribution in [1.29, 1.82) is 0 Å². The molecule has 0 aliphatic heterocycles. The molecular formula is C13H14ClFN4. The van der Waals surface area contributed by atoms with Crippen LogP contribution in [0.3, 0.4) is 0 Å². The number of hydrogen-bond donors (Lipinski definition) is 2. The Bertz CT molecular complexity index is 559. The first-order valence-corrected chi connectivity index (χ1v) is 6.20. The SMILES string of the molecule is CNc1ncc(F)c(NC(C)c2ccc(Cl)cc2)n1. The minimum absolute atomic E-state index is 0.0913. The van der Waals surface area contributed by atoms with Crippen LogP contribution >= 0.6 is 11.6 Å². The van der Waals surface area contributed by atoms with E-state index in [0.717, 1.165) is 11.8 Å². The lowest BCUT2D eigenvalue weighted by Gasteiger charge is -2.15. The van der Waals surface area contributed by atoms with E-state index in [0.29, 0.717) is 11.0 Å². The van der Waals surface area contributed by atoms with Crippen molar-refractivity contribution in [3.63, 3.8) is 0 Å². The van der Waals surface area contributed by atoms with Gasteiger partial charge in [-0.3, -0.25) is 0 Å². The summed E-state index contributed by atoms with van der Waals surface area (Å²) >= 11 is 5.83. The Hall–Kier alpha value is -1.88. The molecule has 2 N–H and O–H groups in total. The van der Waals surface area contributed by atoms with E-state index < -0.39 is 5.82 Å². The molecule has 0 saturated heterocycles. The predicted molar refractivity (Wildman–Crippen MR) is 75.0 cm³/mol. The summed E-state index contributed by atoms with van der Waals surface area (Å²) in [6.45, 7) is 1.92. The zero-order chi connectivity index (χ0) is 13.8. The van der Waals surface area contributed by atoms with Crippen molar-refractivity contribution in [3.05, 3.63) is 46.9 Å². The molecule has 19 heavy (non-hydrogen) atoms. The molecule has 1 heterocycles. The highest BCUT2D eigenvalue weighted by Gasteiger charge is 2.11. The molecule has 4 nitrogen and oxygen atoms in total. The number of rotatable bonds is 4. The maximum atomic E-state index is 13.6. The third-order valence-corrected chi connectivity index (χ3v) is 2.94. The third-order valence-electron chi connectivity index (χ3n) is 2.69. The second-order valence-corrected chi connectivity index (χ2v) is 4.49. The van der Waals surface area contributed by atoms with E-state index in [-0.39, 0.29) is 11.9 Å². The molecule has 2 aromatic rings. The minimum Gasteiger partial charge on any atom is -0.361 e. The maximum Gasteiger partial charge on any atom is 0.224 e. The van der Waals surface area contributed by atoms with Crippen LogP contribution in [0.4, 0.5) is 16.2 Å². The summed E-state index contributed by atoms with van der Waals surface area (Å²) in [6, 6.07) is 7.27. The van der Waals surface area contributed by atoms with Gasteiger partial charge in [-0.1, -0.05) is 23.7 Å². The predicted octanol–water partition coefficient (Wildman–Crippen LogP) is 3.48. The summed E-state index contributed by atoms with van der Waals surface area (Å²) < 4.78 is 13.6. The second kappa shape index (κ2) is 5.84. The van der Waals surface area contributed by atoms with Crippen LogP contribution in [0.1, 0.15) is 18.5 Å². The van der Waals surface area contributed by atoms with Crippen LogP contribution in [0.5, 0.6) is 0 Å². The van der Waals surface area contributed by atoms with Crippen LogP contribution in [0, 0.1) is 5.82 Å². The lowest BCUT2D eigenvalue weighted by molar-refractivity contribution is 0.614. The van der Waals surface area contributed by atoms with E-state index in [4.69, 9.17) is 11.6 Å². The van der Waals surface area contributed by atoms with Crippen molar-refractivity contribution < 1.29 is 4.39 Å². The van der Waals surface area contributed by atoms with Gasteiger partial charge in [0.2, 0.25) is 5.95 Å². The van der Waals surface area contributed by atoms with Gasteiger partial charge in [0.15, 0.2) is 11.6 Å². The number of hydrogen-bond acceptors (Lipinski definition) is 4. The molecule has 0 radical (unpaired) electrons. The van der Waals surface area contributed by atoms with Crippen molar-refractivity contribution >= 4 is 23.4 Å². The second-order valence-electron chi connectivity index (χ2n) is 4.06. The highest BCUT2D eigenvalue weighted by Crippen LogP contribution is 2.21. The molecule has 0 bridgehead atoms.